The highest BCUT2D eigenvalue weighted by atomic mass is 16.2. The normalized spacial score (nSPS) is 11.9. The lowest BCUT2D eigenvalue weighted by molar-refractivity contribution is 0.249. The summed E-state index contributed by atoms with van der Waals surface area (Å²) in [4.78, 5) is 15.9. The van der Waals surface area contributed by atoms with Crippen molar-refractivity contribution < 1.29 is 4.79 Å². The molecular formula is C13H17N5O. The molecule has 2 heterocycles. The van der Waals surface area contributed by atoms with Crippen LogP contribution >= 0.6 is 0 Å². The molecule has 0 aliphatic heterocycles. The number of carbonyl (C=O) groups excluding carboxylic acids is 1. The molecule has 19 heavy (non-hydrogen) atoms. The Bertz CT molecular complexity index is 564. The van der Waals surface area contributed by atoms with Gasteiger partial charge in [0.15, 0.2) is 0 Å². The molecule has 0 unspecified atom stereocenters. The molecule has 0 aliphatic rings. The predicted molar refractivity (Wildman–Crippen MR) is 72.8 cm³/mol. The van der Waals surface area contributed by atoms with Gasteiger partial charge in [-0.2, -0.15) is 5.10 Å². The molecule has 2 rings (SSSR count). The predicted octanol–water partition coefficient (Wildman–Crippen LogP) is 2.01. The summed E-state index contributed by atoms with van der Waals surface area (Å²) in [6.45, 7) is 3.78. The lowest BCUT2D eigenvalue weighted by Gasteiger charge is -2.14. The van der Waals surface area contributed by atoms with E-state index in [-0.39, 0.29) is 12.1 Å². The Labute approximate surface area is 111 Å². The van der Waals surface area contributed by atoms with Crippen LogP contribution in [0, 0.1) is 6.92 Å². The molecular weight excluding hydrogens is 242 g/mol. The second-order valence-corrected chi connectivity index (χ2v) is 4.40. The summed E-state index contributed by atoms with van der Waals surface area (Å²) in [6.07, 6.45) is 3.44. The molecule has 2 aromatic rings. The Morgan fingerprint density at radius 3 is 2.84 bits per heavy atom. The van der Waals surface area contributed by atoms with Crippen LogP contribution in [-0.4, -0.2) is 20.8 Å². The number of rotatable bonds is 3. The number of aromatic nitrogens is 3. The lowest BCUT2D eigenvalue weighted by atomic mass is 10.1. The third-order valence-corrected chi connectivity index (χ3v) is 2.78. The number of pyridine rings is 1. The average Bonchev–Trinajstić information content (AvgIpc) is 2.68. The van der Waals surface area contributed by atoms with Gasteiger partial charge in [0, 0.05) is 25.5 Å². The maximum Gasteiger partial charge on any atom is 0.320 e. The van der Waals surface area contributed by atoms with Crippen LogP contribution < -0.4 is 10.6 Å². The minimum absolute atomic E-state index is 0.108. The molecule has 0 radical (unpaired) electrons. The Hall–Kier alpha value is -2.37. The molecule has 0 aromatic carbocycles. The maximum absolute atomic E-state index is 11.9. The standard InChI is InChI=1S/C13H17N5O/c1-9-7-12(18(3)17-9)16-13(19)15-10(2)11-5-4-6-14-8-11/h4-8,10H,1-3H3,(H2,15,16,19)/t10-/m0/s1. The summed E-state index contributed by atoms with van der Waals surface area (Å²) in [5.41, 5.74) is 1.82. The SMILES string of the molecule is Cc1cc(NC(=O)N[C@@H](C)c2cccnc2)n(C)n1. The molecule has 1 atom stereocenters. The van der Waals surface area contributed by atoms with Gasteiger partial charge in [0.2, 0.25) is 0 Å². The number of nitrogens with one attached hydrogen (secondary N) is 2. The molecule has 0 aliphatic carbocycles. The van der Waals surface area contributed by atoms with Gasteiger partial charge in [-0.05, 0) is 25.5 Å². The molecule has 0 spiro atoms. The van der Waals surface area contributed by atoms with E-state index in [1.54, 1.807) is 24.1 Å². The van der Waals surface area contributed by atoms with E-state index < -0.39 is 0 Å². The second kappa shape index (κ2) is 5.51. The van der Waals surface area contributed by atoms with Gasteiger partial charge in [-0.25, -0.2) is 4.79 Å². The summed E-state index contributed by atoms with van der Waals surface area (Å²) in [7, 11) is 1.78. The zero-order valence-corrected chi connectivity index (χ0v) is 11.2. The minimum atomic E-state index is -0.264. The molecule has 0 fully saturated rings. The molecule has 2 aromatic heterocycles. The number of urea groups is 1. The van der Waals surface area contributed by atoms with Gasteiger partial charge in [-0.15, -0.1) is 0 Å². The first-order chi connectivity index (χ1) is 9.06. The van der Waals surface area contributed by atoms with E-state index in [0.717, 1.165) is 11.3 Å². The lowest BCUT2D eigenvalue weighted by Crippen LogP contribution is -2.31. The van der Waals surface area contributed by atoms with E-state index in [4.69, 9.17) is 0 Å². The number of amides is 2. The summed E-state index contributed by atoms with van der Waals surface area (Å²) >= 11 is 0. The molecule has 6 heteroatoms. The third-order valence-electron chi connectivity index (χ3n) is 2.78. The molecule has 0 saturated carbocycles. The summed E-state index contributed by atoms with van der Waals surface area (Å²) in [5, 5.41) is 9.78. The number of hydrogen-bond donors (Lipinski definition) is 2. The van der Waals surface area contributed by atoms with Crippen LogP contribution in [0.15, 0.2) is 30.6 Å². The molecule has 2 N–H and O–H groups in total. The van der Waals surface area contributed by atoms with Gasteiger partial charge in [-0.1, -0.05) is 6.07 Å². The van der Waals surface area contributed by atoms with E-state index in [0.29, 0.717) is 5.82 Å². The van der Waals surface area contributed by atoms with Crippen LogP contribution in [0.1, 0.15) is 24.2 Å². The number of anilines is 1. The van der Waals surface area contributed by atoms with Gasteiger partial charge >= 0.3 is 6.03 Å². The van der Waals surface area contributed by atoms with Crippen LogP contribution in [0.3, 0.4) is 0 Å². The summed E-state index contributed by atoms with van der Waals surface area (Å²) in [5.74, 6) is 0.661. The summed E-state index contributed by atoms with van der Waals surface area (Å²) < 4.78 is 1.63. The van der Waals surface area contributed by atoms with Crippen LogP contribution in [0.5, 0.6) is 0 Å². The monoisotopic (exact) mass is 259 g/mol. The Balaban J connectivity index is 1.96. The van der Waals surface area contributed by atoms with Crippen LogP contribution in [0.2, 0.25) is 0 Å². The summed E-state index contributed by atoms with van der Waals surface area (Å²) in [6, 6.07) is 5.21. The van der Waals surface area contributed by atoms with Crippen molar-refractivity contribution in [3.8, 4) is 0 Å². The zero-order chi connectivity index (χ0) is 13.8. The largest absolute Gasteiger partial charge is 0.331 e. The van der Waals surface area contributed by atoms with Crippen molar-refractivity contribution in [2.24, 2.45) is 7.05 Å². The van der Waals surface area contributed by atoms with E-state index in [2.05, 4.69) is 20.7 Å². The Morgan fingerprint density at radius 1 is 1.47 bits per heavy atom. The Morgan fingerprint density at radius 2 is 2.26 bits per heavy atom. The number of carbonyl (C=O) groups is 1. The van der Waals surface area contributed by atoms with E-state index in [9.17, 15) is 4.79 Å². The van der Waals surface area contributed by atoms with Gasteiger partial charge in [0.1, 0.15) is 5.82 Å². The van der Waals surface area contributed by atoms with Gasteiger partial charge in [0.25, 0.3) is 0 Å². The fraction of sp³-hybridized carbons (Fsp3) is 0.308. The van der Waals surface area contributed by atoms with Crippen molar-refractivity contribution in [2.45, 2.75) is 19.9 Å². The number of hydrogen-bond acceptors (Lipinski definition) is 3. The van der Waals surface area contributed by atoms with E-state index in [1.807, 2.05) is 32.0 Å². The Kier molecular flexibility index (Phi) is 3.79. The van der Waals surface area contributed by atoms with Gasteiger partial charge in [0.05, 0.1) is 11.7 Å². The van der Waals surface area contributed by atoms with Crippen molar-refractivity contribution in [1.29, 1.82) is 0 Å². The van der Waals surface area contributed by atoms with Crippen LogP contribution in [0.25, 0.3) is 0 Å². The van der Waals surface area contributed by atoms with Crippen LogP contribution in [0.4, 0.5) is 10.6 Å². The van der Waals surface area contributed by atoms with Crippen molar-refractivity contribution in [1.82, 2.24) is 20.1 Å². The maximum atomic E-state index is 11.9. The van der Waals surface area contributed by atoms with E-state index in [1.165, 1.54) is 0 Å². The smallest absolute Gasteiger partial charge is 0.320 e. The number of nitrogens with zero attached hydrogens (tertiary/aromatic N) is 3. The van der Waals surface area contributed by atoms with Gasteiger partial charge < -0.3 is 5.32 Å². The van der Waals surface area contributed by atoms with Crippen molar-refractivity contribution >= 4 is 11.8 Å². The molecule has 0 bridgehead atoms. The van der Waals surface area contributed by atoms with Crippen LogP contribution in [-0.2, 0) is 7.05 Å². The minimum Gasteiger partial charge on any atom is -0.331 e. The molecule has 100 valence electrons. The molecule has 0 saturated heterocycles. The first-order valence-corrected chi connectivity index (χ1v) is 6.04. The highest BCUT2D eigenvalue weighted by Gasteiger charge is 2.11. The molecule has 2 amide bonds. The first kappa shape index (κ1) is 13.1. The average molecular weight is 259 g/mol. The van der Waals surface area contributed by atoms with Crippen molar-refractivity contribution in [3.05, 3.63) is 41.9 Å². The zero-order valence-electron chi connectivity index (χ0n) is 11.2. The first-order valence-electron chi connectivity index (χ1n) is 6.04. The van der Waals surface area contributed by atoms with Crippen molar-refractivity contribution in [2.75, 3.05) is 5.32 Å². The van der Waals surface area contributed by atoms with Crippen molar-refractivity contribution in [3.63, 3.8) is 0 Å². The highest BCUT2D eigenvalue weighted by Crippen LogP contribution is 2.11. The fourth-order valence-corrected chi connectivity index (χ4v) is 1.79. The third kappa shape index (κ3) is 3.31. The highest BCUT2D eigenvalue weighted by molar-refractivity contribution is 5.88. The van der Waals surface area contributed by atoms with Gasteiger partial charge in [-0.3, -0.25) is 15.0 Å². The second-order valence-electron chi connectivity index (χ2n) is 4.40. The molecule has 6 nitrogen and oxygen atoms in total. The number of aryl methyl sites for hydroxylation is 2. The fourth-order valence-electron chi connectivity index (χ4n) is 1.79. The quantitative estimate of drug-likeness (QED) is 0.885. The topological polar surface area (TPSA) is 71.8 Å². The van der Waals surface area contributed by atoms with E-state index >= 15 is 0 Å².